The molecule has 1 heterocycles. The molecule has 0 aliphatic rings. The molecule has 7 heteroatoms. The number of esters is 1. The van der Waals surface area contributed by atoms with Gasteiger partial charge in [-0.05, 0) is 26.9 Å². The zero-order valence-electron chi connectivity index (χ0n) is 12.1. The fourth-order valence-electron chi connectivity index (χ4n) is 1.67. The predicted molar refractivity (Wildman–Crippen MR) is 78.9 cm³/mol. The molecule has 0 saturated carbocycles. The van der Waals surface area contributed by atoms with Crippen LogP contribution in [0.15, 0.2) is 5.38 Å². The lowest BCUT2D eigenvalue weighted by Crippen LogP contribution is -2.30. The highest BCUT2D eigenvalue weighted by atomic mass is 32.1. The van der Waals surface area contributed by atoms with Gasteiger partial charge in [0.05, 0.1) is 25.3 Å². The number of hydrogen-bond donors (Lipinski definition) is 1. The van der Waals surface area contributed by atoms with Crippen LogP contribution in [-0.4, -0.2) is 48.5 Å². The van der Waals surface area contributed by atoms with Gasteiger partial charge in [-0.15, -0.1) is 11.3 Å². The van der Waals surface area contributed by atoms with Crippen molar-refractivity contribution < 1.29 is 14.3 Å². The van der Waals surface area contributed by atoms with Crippen molar-refractivity contribution in [3.63, 3.8) is 0 Å². The highest BCUT2D eigenvalue weighted by Crippen LogP contribution is 2.16. The highest BCUT2D eigenvalue weighted by Gasteiger charge is 2.11. The number of carbonyl (C=O) groups is 2. The number of rotatable bonds is 8. The molecule has 1 N–H and O–H groups in total. The van der Waals surface area contributed by atoms with Crippen molar-refractivity contribution in [1.29, 1.82) is 0 Å². The van der Waals surface area contributed by atoms with Gasteiger partial charge in [0.15, 0.2) is 5.13 Å². The summed E-state index contributed by atoms with van der Waals surface area (Å²) in [6, 6.07) is 0. The summed E-state index contributed by atoms with van der Waals surface area (Å²) in [5, 5.41) is 5.00. The van der Waals surface area contributed by atoms with Gasteiger partial charge in [-0.25, -0.2) is 4.98 Å². The number of anilines is 1. The Morgan fingerprint density at radius 1 is 1.45 bits per heavy atom. The Bertz CT molecular complexity index is 448. The normalized spacial score (nSPS) is 10.6. The maximum absolute atomic E-state index is 11.8. The first-order valence-electron chi connectivity index (χ1n) is 6.63. The van der Waals surface area contributed by atoms with Crippen LogP contribution in [0.5, 0.6) is 0 Å². The van der Waals surface area contributed by atoms with Gasteiger partial charge in [0.25, 0.3) is 0 Å². The van der Waals surface area contributed by atoms with E-state index in [9.17, 15) is 9.59 Å². The summed E-state index contributed by atoms with van der Waals surface area (Å²) in [6.45, 7) is 5.39. The smallest absolute Gasteiger partial charge is 0.311 e. The molecular weight excluding hydrogens is 278 g/mol. The monoisotopic (exact) mass is 299 g/mol. The Morgan fingerprint density at radius 2 is 2.20 bits per heavy atom. The first-order chi connectivity index (χ1) is 9.55. The topological polar surface area (TPSA) is 71.5 Å². The quantitative estimate of drug-likeness (QED) is 0.737. The SMILES string of the molecule is CCCN(C)CC(=O)Nc1nc(CC(=O)OCC)cs1. The number of carbonyl (C=O) groups excluding carboxylic acids is 2. The number of nitrogens with zero attached hydrogens (tertiary/aromatic N) is 2. The molecule has 0 aromatic carbocycles. The molecular formula is C13H21N3O3S. The summed E-state index contributed by atoms with van der Waals surface area (Å²) in [7, 11) is 1.90. The molecule has 0 aliphatic carbocycles. The van der Waals surface area contributed by atoms with Gasteiger partial charge in [0.2, 0.25) is 5.91 Å². The van der Waals surface area contributed by atoms with Crippen LogP contribution in [0, 0.1) is 0 Å². The van der Waals surface area contributed by atoms with E-state index >= 15 is 0 Å². The van der Waals surface area contributed by atoms with E-state index in [0.29, 0.717) is 24.0 Å². The van der Waals surface area contributed by atoms with Crippen molar-refractivity contribution >= 4 is 28.3 Å². The van der Waals surface area contributed by atoms with Gasteiger partial charge in [-0.1, -0.05) is 6.92 Å². The van der Waals surface area contributed by atoms with Crippen molar-refractivity contribution in [3.8, 4) is 0 Å². The van der Waals surface area contributed by atoms with Gasteiger partial charge in [-0.2, -0.15) is 0 Å². The molecule has 6 nitrogen and oxygen atoms in total. The first-order valence-corrected chi connectivity index (χ1v) is 7.51. The fourth-order valence-corrected chi connectivity index (χ4v) is 2.40. The van der Waals surface area contributed by atoms with Crippen LogP contribution in [0.1, 0.15) is 26.0 Å². The number of ether oxygens (including phenoxy) is 1. The summed E-state index contributed by atoms with van der Waals surface area (Å²) in [5.41, 5.74) is 0.616. The maximum Gasteiger partial charge on any atom is 0.311 e. The predicted octanol–water partition coefficient (Wildman–Crippen LogP) is 1.53. The second-order valence-corrected chi connectivity index (χ2v) is 5.27. The third-order valence-electron chi connectivity index (χ3n) is 2.45. The molecule has 0 unspecified atom stereocenters. The Balaban J connectivity index is 2.43. The number of likely N-dealkylation sites (N-methyl/N-ethyl adjacent to an activating group) is 1. The van der Waals surface area contributed by atoms with Crippen LogP contribution in [-0.2, 0) is 20.7 Å². The highest BCUT2D eigenvalue weighted by molar-refractivity contribution is 7.13. The van der Waals surface area contributed by atoms with Gasteiger partial charge < -0.3 is 10.1 Å². The number of amides is 1. The zero-order valence-corrected chi connectivity index (χ0v) is 13.0. The summed E-state index contributed by atoms with van der Waals surface area (Å²) < 4.78 is 4.85. The molecule has 0 radical (unpaired) electrons. The van der Waals surface area contributed by atoms with Crippen molar-refractivity contribution in [2.75, 3.05) is 32.1 Å². The third kappa shape index (κ3) is 6.12. The molecule has 1 amide bonds. The van der Waals surface area contributed by atoms with Gasteiger partial charge in [0.1, 0.15) is 0 Å². The summed E-state index contributed by atoms with van der Waals surface area (Å²) >= 11 is 1.31. The molecule has 0 aliphatic heterocycles. The third-order valence-corrected chi connectivity index (χ3v) is 3.25. The standard InChI is InChI=1S/C13H21N3O3S/c1-4-6-16(3)8-11(17)15-13-14-10(9-20-13)7-12(18)19-5-2/h9H,4-8H2,1-3H3,(H,14,15,17). The second kappa shape index (κ2) is 8.65. The molecule has 1 aromatic rings. The minimum atomic E-state index is -0.307. The van der Waals surface area contributed by atoms with E-state index in [4.69, 9.17) is 4.74 Å². The van der Waals surface area contributed by atoms with E-state index in [1.165, 1.54) is 11.3 Å². The molecule has 20 heavy (non-hydrogen) atoms. The number of hydrogen-bond acceptors (Lipinski definition) is 6. The first kappa shape index (κ1) is 16.6. The van der Waals surface area contributed by atoms with Crippen molar-refractivity contribution in [1.82, 2.24) is 9.88 Å². The molecule has 112 valence electrons. The maximum atomic E-state index is 11.8. The van der Waals surface area contributed by atoms with Crippen LogP contribution in [0.3, 0.4) is 0 Å². The number of nitrogens with one attached hydrogen (secondary N) is 1. The molecule has 0 spiro atoms. The van der Waals surface area contributed by atoms with E-state index in [-0.39, 0.29) is 18.3 Å². The van der Waals surface area contributed by atoms with Gasteiger partial charge in [-0.3, -0.25) is 14.5 Å². The van der Waals surface area contributed by atoms with Crippen molar-refractivity contribution in [3.05, 3.63) is 11.1 Å². The Kier molecular flexibility index (Phi) is 7.17. The van der Waals surface area contributed by atoms with Gasteiger partial charge >= 0.3 is 5.97 Å². The van der Waals surface area contributed by atoms with E-state index in [1.54, 1.807) is 12.3 Å². The Labute approximate surface area is 123 Å². The Hall–Kier alpha value is -1.47. The summed E-state index contributed by atoms with van der Waals surface area (Å²) in [4.78, 5) is 29.2. The minimum absolute atomic E-state index is 0.0991. The average Bonchev–Trinajstić information content (AvgIpc) is 2.76. The van der Waals surface area contributed by atoms with Gasteiger partial charge in [0, 0.05) is 5.38 Å². The average molecular weight is 299 g/mol. The van der Waals surface area contributed by atoms with E-state index < -0.39 is 0 Å². The summed E-state index contributed by atoms with van der Waals surface area (Å²) in [5.74, 6) is -0.406. The van der Waals surface area contributed by atoms with Crippen LogP contribution in [0.25, 0.3) is 0 Å². The lowest BCUT2D eigenvalue weighted by molar-refractivity contribution is -0.142. The lowest BCUT2D eigenvalue weighted by atomic mass is 10.3. The molecule has 1 aromatic heterocycles. The van der Waals surface area contributed by atoms with Crippen LogP contribution >= 0.6 is 11.3 Å². The molecule has 0 atom stereocenters. The Morgan fingerprint density at radius 3 is 2.85 bits per heavy atom. The van der Waals surface area contributed by atoms with E-state index in [1.807, 2.05) is 11.9 Å². The van der Waals surface area contributed by atoms with E-state index in [0.717, 1.165) is 13.0 Å². The van der Waals surface area contributed by atoms with Crippen molar-refractivity contribution in [2.24, 2.45) is 0 Å². The minimum Gasteiger partial charge on any atom is -0.466 e. The molecule has 0 saturated heterocycles. The summed E-state index contributed by atoms with van der Waals surface area (Å²) in [6.07, 6.45) is 1.14. The van der Waals surface area contributed by atoms with Crippen LogP contribution in [0.4, 0.5) is 5.13 Å². The van der Waals surface area contributed by atoms with E-state index in [2.05, 4.69) is 17.2 Å². The van der Waals surface area contributed by atoms with Crippen molar-refractivity contribution in [2.45, 2.75) is 26.7 Å². The molecule has 0 bridgehead atoms. The fraction of sp³-hybridized carbons (Fsp3) is 0.615. The van der Waals surface area contributed by atoms with Crippen LogP contribution in [0.2, 0.25) is 0 Å². The number of thiazole rings is 1. The lowest BCUT2D eigenvalue weighted by Gasteiger charge is -2.13. The number of aromatic nitrogens is 1. The molecule has 1 rings (SSSR count). The second-order valence-electron chi connectivity index (χ2n) is 4.41. The van der Waals surface area contributed by atoms with Crippen LogP contribution < -0.4 is 5.32 Å². The largest absolute Gasteiger partial charge is 0.466 e. The molecule has 0 fully saturated rings. The zero-order chi connectivity index (χ0) is 15.0.